The molecule has 19 heavy (non-hydrogen) atoms. The molecule has 0 bridgehead atoms. The summed E-state index contributed by atoms with van der Waals surface area (Å²) in [4.78, 5) is 19.7. The number of fused-ring (bicyclic) bond motifs is 1. The Morgan fingerprint density at radius 3 is 2.89 bits per heavy atom. The molecular formula is C14H9ClN2OS. The van der Waals surface area contributed by atoms with E-state index in [4.69, 9.17) is 11.6 Å². The molecule has 0 spiro atoms. The summed E-state index contributed by atoms with van der Waals surface area (Å²) < 4.78 is 1.10. The molecule has 0 aliphatic heterocycles. The Kier molecular flexibility index (Phi) is 3.05. The predicted molar refractivity (Wildman–Crippen MR) is 78.0 cm³/mol. The molecule has 0 amide bonds. The second-order valence-corrected chi connectivity index (χ2v) is 5.36. The fraction of sp³-hybridized carbons (Fsp3) is 0.0714. The van der Waals surface area contributed by atoms with Crippen molar-refractivity contribution < 1.29 is 4.79 Å². The lowest BCUT2D eigenvalue weighted by Crippen LogP contribution is -1.99. The number of thiophene rings is 1. The molecule has 3 rings (SSSR count). The van der Waals surface area contributed by atoms with E-state index in [2.05, 4.69) is 9.97 Å². The van der Waals surface area contributed by atoms with Gasteiger partial charge in [0.1, 0.15) is 11.0 Å². The highest BCUT2D eigenvalue weighted by Gasteiger charge is 2.15. The molecule has 0 unspecified atom stereocenters. The Balaban J connectivity index is 2.38. The standard InChI is InChI=1S/C14H9ClN2OS/c1-8-16-12(11(7-18)14(15)17-8)10-4-2-3-9-5-6-19-13(9)10/h2-7H,1H3. The van der Waals surface area contributed by atoms with Crippen molar-refractivity contribution in [1.29, 1.82) is 0 Å². The molecule has 0 atom stereocenters. The SMILES string of the molecule is Cc1nc(Cl)c(C=O)c(-c2cccc3ccsc23)n1. The number of aldehydes is 1. The molecule has 2 heterocycles. The number of halogens is 1. The predicted octanol–water partition coefficient (Wildman–Crippen LogP) is 4.13. The minimum absolute atomic E-state index is 0.200. The van der Waals surface area contributed by atoms with E-state index in [1.54, 1.807) is 18.3 Å². The number of carbonyl (C=O) groups is 1. The van der Waals surface area contributed by atoms with Gasteiger partial charge in [0.25, 0.3) is 0 Å². The fourth-order valence-electron chi connectivity index (χ4n) is 2.04. The largest absolute Gasteiger partial charge is 0.298 e. The van der Waals surface area contributed by atoms with Gasteiger partial charge in [-0.25, -0.2) is 9.97 Å². The Morgan fingerprint density at radius 2 is 2.11 bits per heavy atom. The summed E-state index contributed by atoms with van der Waals surface area (Å²) in [6.07, 6.45) is 0.712. The fourth-order valence-corrected chi connectivity index (χ4v) is 3.21. The van der Waals surface area contributed by atoms with Crippen LogP contribution in [0.2, 0.25) is 5.15 Å². The molecule has 3 aromatic rings. The van der Waals surface area contributed by atoms with Gasteiger partial charge in [-0.15, -0.1) is 11.3 Å². The van der Waals surface area contributed by atoms with Crippen molar-refractivity contribution >= 4 is 39.3 Å². The van der Waals surface area contributed by atoms with E-state index in [1.807, 2.05) is 29.6 Å². The van der Waals surface area contributed by atoms with Gasteiger partial charge in [0.15, 0.2) is 6.29 Å². The van der Waals surface area contributed by atoms with Crippen LogP contribution in [-0.2, 0) is 0 Å². The number of carbonyl (C=O) groups excluding carboxylic acids is 1. The number of aromatic nitrogens is 2. The second kappa shape index (κ2) is 4.72. The average Bonchev–Trinajstić information content (AvgIpc) is 2.85. The first-order valence-electron chi connectivity index (χ1n) is 5.66. The van der Waals surface area contributed by atoms with E-state index >= 15 is 0 Å². The lowest BCUT2D eigenvalue weighted by molar-refractivity contribution is 0.112. The van der Waals surface area contributed by atoms with Crippen LogP contribution in [0.1, 0.15) is 16.2 Å². The highest BCUT2D eigenvalue weighted by molar-refractivity contribution is 7.17. The quantitative estimate of drug-likeness (QED) is 0.526. The smallest absolute Gasteiger partial charge is 0.155 e. The lowest BCUT2D eigenvalue weighted by Gasteiger charge is -2.07. The van der Waals surface area contributed by atoms with E-state index < -0.39 is 0 Å². The molecule has 0 saturated heterocycles. The maximum absolute atomic E-state index is 11.2. The Bertz CT molecular complexity index is 782. The van der Waals surface area contributed by atoms with Crippen LogP contribution >= 0.6 is 22.9 Å². The van der Waals surface area contributed by atoms with Crippen LogP contribution in [0.25, 0.3) is 21.3 Å². The van der Waals surface area contributed by atoms with Gasteiger partial charge < -0.3 is 0 Å². The van der Waals surface area contributed by atoms with Crippen molar-refractivity contribution in [3.05, 3.63) is 46.2 Å². The number of hydrogen-bond donors (Lipinski definition) is 0. The zero-order valence-electron chi connectivity index (χ0n) is 10.1. The number of hydrogen-bond acceptors (Lipinski definition) is 4. The van der Waals surface area contributed by atoms with Crippen LogP contribution < -0.4 is 0 Å². The van der Waals surface area contributed by atoms with Crippen molar-refractivity contribution in [2.45, 2.75) is 6.92 Å². The maximum atomic E-state index is 11.2. The van der Waals surface area contributed by atoms with Gasteiger partial charge >= 0.3 is 0 Å². The van der Waals surface area contributed by atoms with Gasteiger partial charge in [-0.2, -0.15) is 0 Å². The van der Waals surface area contributed by atoms with Crippen molar-refractivity contribution in [3.8, 4) is 11.3 Å². The molecule has 0 aliphatic carbocycles. The monoisotopic (exact) mass is 288 g/mol. The Morgan fingerprint density at radius 1 is 1.26 bits per heavy atom. The molecule has 0 saturated carbocycles. The van der Waals surface area contributed by atoms with Crippen LogP contribution in [0.4, 0.5) is 0 Å². The van der Waals surface area contributed by atoms with Gasteiger partial charge in [-0.3, -0.25) is 4.79 Å². The summed E-state index contributed by atoms with van der Waals surface area (Å²) in [6, 6.07) is 7.97. The molecule has 3 nitrogen and oxygen atoms in total. The van der Waals surface area contributed by atoms with Crippen molar-refractivity contribution in [1.82, 2.24) is 9.97 Å². The minimum Gasteiger partial charge on any atom is -0.298 e. The average molecular weight is 289 g/mol. The van der Waals surface area contributed by atoms with E-state index in [-0.39, 0.29) is 5.15 Å². The molecule has 1 aromatic carbocycles. The number of benzene rings is 1. The topological polar surface area (TPSA) is 42.9 Å². The van der Waals surface area contributed by atoms with Crippen LogP contribution in [0.15, 0.2) is 29.6 Å². The molecule has 0 radical (unpaired) electrons. The maximum Gasteiger partial charge on any atom is 0.155 e. The first-order chi connectivity index (χ1) is 9.20. The van der Waals surface area contributed by atoms with Crippen LogP contribution in [-0.4, -0.2) is 16.3 Å². The second-order valence-electron chi connectivity index (χ2n) is 4.09. The van der Waals surface area contributed by atoms with E-state index in [0.29, 0.717) is 23.4 Å². The molecule has 5 heteroatoms. The minimum atomic E-state index is 0.200. The number of rotatable bonds is 2. The van der Waals surface area contributed by atoms with E-state index in [0.717, 1.165) is 15.6 Å². The van der Waals surface area contributed by atoms with Gasteiger partial charge in [0.2, 0.25) is 0 Å². The zero-order chi connectivity index (χ0) is 13.4. The van der Waals surface area contributed by atoms with E-state index in [1.165, 1.54) is 0 Å². The van der Waals surface area contributed by atoms with Gasteiger partial charge in [-0.1, -0.05) is 29.8 Å². The summed E-state index contributed by atoms with van der Waals surface area (Å²) in [5.74, 6) is 0.555. The molecule has 2 aromatic heterocycles. The summed E-state index contributed by atoms with van der Waals surface area (Å²) in [5.41, 5.74) is 1.86. The van der Waals surface area contributed by atoms with Gasteiger partial charge in [0.05, 0.1) is 11.3 Å². The molecule has 0 fully saturated rings. The summed E-state index contributed by atoms with van der Waals surface area (Å²) >= 11 is 7.65. The third-order valence-electron chi connectivity index (χ3n) is 2.86. The van der Waals surface area contributed by atoms with Gasteiger partial charge in [0, 0.05) is 10.3 Å². The first-order valence-corrected chi connectivity index (χ1v) is 6.92. The summed E-state index contributed by atoms with van der Waals surface area (Å²) in [5, 5.41) is 3.35. The zero-order valence-corrected chi connectivity index (χ0v) is 11.6. The highest BCUT2D eigenvalue weighted by atomic mass is 35.5. The third kappa shape index (κ3) is 2.03. The van der Waals surface area contributed by atoms with Crippen LogP contribution in [0, 0.1) is 6.92 Å². The molecule has 0 N–H and O–H groups in total. The third-order valence-corrected chi connectivity index (χ3v) is 4.11. The van der Waals surface area contributed by atoms with Crippen molar-refractivity contribution in [2.75, 3.05) is 0 Å². The van der Waals surface area contributed by atoms with E-state index in [9.17, 15) is 4.79 Å². The molecular weight excluding hydrogens is 280 g/mol. The van der Waals surface area contributed by atoms with Crippen LogP contribution in [0.5, 0.6) is 0 Å². The molecule has 0 aliphatic rings. The lowest BCUT2D eigenvalue weighted by atomic mass is 10.1. The highest BCUT2D eigenvalue weighted by Crippen LogP contribution is 2.34. The van der Waals surface area contributed by atoms with Gasteiger partial charge in [-0.05, 0) is 23.8 Å². The number of nitrogens with zero attached hydrogens (tertiary/aromatic N) is 2. The van der Waals surface area contributed by atoms with Crippen molar-refractivity contribution in [2.24, 2.45) is 0 Å². The summed E-state index contributed by atoms with van der Waals surface area (Å²) in [6.45, 7) is 1.76. The first kappa shape index (κ1) is 12.3. The Hall–Kier alpha value is -1.78. The number of aryl methyl sites for hydroxylation is 1. The Labute approximate surface area is 118 Å². The normalized spacial score (nSPS) is 10.8. The summed E-state index contributed by atoms with van der Waals surface area (Å²) in [7, 11) is 0. The molecule has 94 valence electrons. The van der Waals surface area contributed by atoms with Crippen molar-refractivity contribution in [3.63, 3.8) is 0 Å². The van der Waals surface area contributed by atoms with Crippen LogP contribution in [0.3, 0.4) is 0 Å².